The van der Waals surface area contributed by atoms with Crippen LogP contribution < -0.4 is 0 Å². The molecular weight excluding hydrogens is 302 g/mol. The number of carbonyl (C=O) groups excluding carboxylic acids is 1. The molecule has 1 N–H and O–H groups in total. The van der Waals surface area contributed by atoms with Gasteiger partial charge in [0.25, 0.3) is 0 Å². The maximum absolute atomic E-state index is 12.3. The van der Waals surface area contributed by atoms with Crippen LogP contribution in [0.25, 0.3) is 0 Å². The Bertz CT molecular complexity index is 680. The van der Waals surface area contributed by atoms with Crippen LogP contribution in [0.2, 0.25) is 0 Å². The van der Waals surface area contributed by atoms with Crippen LogP contribution in [-0.2, 0) is 9.53 Å². The molecule has 0 amide bonds. The number of unbranched alkanes of at least 4 members (excludes halogenated alkanes) is 1. The summed E-state index contributed by atoms with van der Waals surface area (Å²) in [5, 5.41) is 20.6. The highest BCUT2D eigenvalue weighted by Gasteiger charge is 2.30. The van der Waals surface area contributed by atoms with Gasteiger partial charge < -0.3 is 9.84 Å². The molecule has 114 valence electrons. The third-order valence-electron chi connectivity index (χ3n) is 3.03. The van der Waals surface area contributed by atoms with Crippen molar-refractivity contribution in [2.24, 2.45) is 0 Å². The topological polar surface area (TPSA) is 96.1 Å². The monoisotopic (exact) mass is 317 g/mol. The van der Waals surface area contributed by atoms with Gasteiger partial charge >= 0.3 is 5.97 Å². The highest BCUT2D eigenvalue weighted by atomic mass is 32.1. The molecule has 2 aromatic rings. The van der Waals surface area contributed by atoms with Crippen LogP contribution in [0.15, 0.2) is 23.2 Å². The van der Waals surface area contributed by atoms with E-state index in [2.05, 4.69) is 9.97 Å². The van der Waals surface area contributed by atoms with Gasteiger partial charge in [0, 0.05) is 17.6 Å². The molecule has 2 aromatic heterocycles. The summed E-state index contributed by atoms with van der Waals surface area (Å²) in [6.45, 7) is 2.31. The third-order valence-corrected chi connectivity index (χ3v) is 3.63. The molecular formula is C15H15N3O3S. The first-order chi connectivity index (χ1) is 10.7. The normalized spacial score (nSPS) is 11.6. The Kier molecular flexibility index (Phi) is 5.44. The van der Waals surface area contributed by atoms with Gasteiger partial charge in [0.05, 0.1) is 23.4 Å². The van der Waals surface area contributed by atoms with E-state index in [4.69, 9.17) is 10.00 Å². The number of esters is 1. The molecule has 0 saturated carbocycles. The standard InChI is InChI=1S/C15H15N3O3S/c1-2-3-4-21-15(20)13(11-8-22-9-18-11)14-12(19)5-10(6-16)7-17-14/h5,7-9,13,19H,2-4H2,1H3. The second-order valence-electron chi connectivity index (χ2n) is 4.61. The largest absolute Gasteiger partial charge is 0.506 e. The van der Waals surface area contributed by atoms with E-state index >= 15 is 0 Å². The zero-order chi connectivity index (χ0) is 15.9. The maximum atomic E-state index is 12.3. The van der Waals surface area contributed by atoms with Crippen molar-refractivity contribution in [2.45, 2.75) is 25.7 Å². The molecule has 0 aliphatic carbocycles. The Hall–Kier alpha value is -2.46. The minimum Gasteiger partial charge on any atom is -0.506 e. The Morgan fingerprint density at radius 3 is 2.95 bits per heavy atom. The van der Waals surface area contributed by atoms with Crippen LogP contribution in [0.1, 0.15) is 42.6 Å². The molecule has 6 nitrogen and oxygen atoms in total. The molecule has 1 atom stereocenters. The Balaban J connectivity index is 2.33. The number of nitriles is 1. The summed E-state index contributed by atoms with van der Waals surface area (Å²) in [7, 11) is 0. The summed E-state index contributed by atoms with van der Waals surface area (Å²) in [6, 6.07) is 3.17. The first-order valence-corrected chi connectivity index (χ1v) is 7.75. The third kappa shape index (κ3) is 3.59. The molecule has 0 aliphatic heterocycles. The first kappa shape index (κ1) is 15.9. The van der Waals surface area contributed by atoms with Crippen molar-refractivity contribution >= 4 is 17.3 Å². The number of hydrogen-bond donors (Lipinski definition) is 1. The highest BCUT2D eigenvalue weighted by Crippen LogP contribution is 2.31. The molecule has 0 fully saturated rings. The smallest absolute Gasteiger partial charge is 0.321 e. The van der Waals surface area contributed by atoms with E-state index in [1.165, 1.54) is 23.6 Å². The number of rotatable bonds is 6. The molecule has 7 heteroatoms. The van der Waals surface area contributed by atoms with E-state index < -0.39 is 11.9 Å². The summed E-state index contributed by atoms with van der Waals surface area (Å²) >= 11 is 1.34. The van der Waals surface area contributed by atoms with Crippen molar-refractivity contribution in [3.8, 4) is 11.8 Å². The zero-order valence-corrected chi connectivity index (χ0v) is 12.8. The van der Waals surface area contributed by atoms with Crippen LogP contribution in [-0.4, -0.2) is 27.7 Å². The van der Waals surface area contributed by atoms with Gasteiger partial charge in [-0.3, -0.25) is 9.78 Å². The van der Waals surface area contributed by atoms with Crippen molar-refractivity contribution in [3.05, 3.63) is 40.1 Å². The van der Waals surface area contributed by atoms with Gasteiger partial charge in [-0.2, -0.15) is 5.26 Å². The first-order valence-electron chi connectivity index (χ1n) is 6.81. The van der Waals surface area contributed by atoms with Crippen LogP contribution in [0.4, 0.5) is 0 Å². The van der Waals surface area contributed by atoms with E-state index in [1.54, 1.807) is 10.9 Å². The molecule has 0 radical (unpaired) electrons. The Labute approximate surface area is 132 Å². The Morgan fingerprint density at radius 2 is 2.36 bits per heavy atom. The molecule has 0 aromatic carbocycles. The molecule has 2 heterocycles. The quantitative estimate of drug-likeness (QED) is 0.650. The van der Waals surface area contributed by atoms with Crippen molar-refractivity contribution < 1.29 is 14.6 Å². The van der Waals surface area contributed by atoms with Gasteiger partial charge in [0.1, 0.15) is 23.4 Å². The highest BCUT2D eigenvalue weighted by molar-refractivity contribution is 7.07. The van der Waals surface area contributed by atoms with Crippen LogP contribution >= 0.6 is 11.3 Å². The number of aromatic hydroxyl groups is 1. The summed E-state index contributed by atoms with van der Waals surface area (Å²) < 4.78 is 5.24. The average Bonchev–Trinajstić information content (AvgIpc) is 3.03. The minimum absolute atomic E-state index is 0.145. The van der Waals surface area contributed by atoms with Crippen molar-refractivity contribution in [1.29, 1.82) is 5.26 Å². The molecule has 0 aliphatic rings. The SMILES string of the molecule is CCCCOC(=O)C(c1cscn1)c1ncc(C#N)cc1O. The fourth-order valence-electron chi connectivity index (χ4n) is 1.88. The number of nitrogens with zero attached hydrogens (tertiary/aromatic N) is 3. The fraction of sp³-hybridized carbons (Fsp3) is 0.333. The van der Waals surface area contributed by atoms with Gasteiger partial charge in [-0.1, -0.05) is 13.3 Å². The lowest BCUT2D eigenvalue weighted by Gasteiger charge is -2.15. The van der Waals surface area contributed by atoms with E-state index in [0.717, 1.165) is 12.8 Å². The van der Waals surface area contributed by atoms with Gasteiger partial charge in [-0.25, -0.2) is 4.98 Å². The number of hydrogen-bond acceptors (Lipinski definition) is 7. The van der Waals surface area contributed by atoms with Gasteiger partial charge in [-0.05, 0) is 6.42 Å². The lowest BCUT2D eigenvalue weighted by atomic mass is 10.0. The number of thiazole rings is 1. The average molecular weight is 317 g/mol. The van der Waals surface area contributed by atoms with E-state index in [-0.39, 0.29) is 17.0 Å². The maximum Gasteiger partial charge on any atom is 0.321 e. The molecule has 1 unspecified atom stereocenters. The molecule has 0 bridgehead atoms. The van der Waals surface area contributed by atoms with Crippen LogP contribution in [0.3, 0.4) is 0 Å². The predicted octanol–water partition coefficient (Wildman–Crippen LogP) is 2.59. The van der Waals surface area contributed by atoms with Crippen LogP contribution in [0, 0.1) is 11.3 Å². The summed E-state index contributed by atoms with van der Waals surface area (Å²) in [6.07, 6.45) is 2.99. The fourth-order valence-corrected chi connectivity index (χ4v) is 2.46. The van der Waals surface area contributed by atoms with Gasteiger partial charge in [0.15, 0.2) is 0 Å². The zero-order valence-electron chi connectivity index (χ0n) is 12.0. The van der Waals surface area contributed by atoms with E-state index in [9.17, 15) is 9.90 Å². The number of aromatic nitrogens is 2. The number of ether oxygens (including phenoxy) is 1. The predicted molar refractivity (Wildman–Crippen MR) is 80.4 cm³/mol. The summed E-state index contributed by atoms with van der Waals surface area (Å²) in [5.41, 5.74) is 2.44. The van der Waals surface area contributed by atoms with Crippen LogP contribution in [0.5, 0.6) is 5.75 Å². The summed E-state index contributed by atoms with van der Waals surface area (Å²) in [4.78, 5) is 20.5. The summed E-state index contributed by atoms with van der Waals surface area (Å²) in [5.74, 6) is -1.62. The molecule has 2 rings (SSSR count). The second kappa shape index (κ2) is 7.52. The van der Waals surface area contributed by atoms with Gasteiger partial charge in [-0.15, -0.1) is 11.3 Å². The number of pyridine rings is 1. The number of carbonyl (C=O) groups is 1. The Morgan fingerprint density at radius 1 is 1.55 bits per heavy atom. The van der Waals surface area contributed by atoms with Crippen molar-refractivity contribution in [3.63, 3.8) is 0 Å². The molecule has 0 saturated heterocycles. The lowest BCUT2D eigenvalue weighted by molar-refractivity contribution is -0.144. The van der Waals surface area contributed by atoms with Crippen molar-refractivity contribution in [1.82, 2.24) is 9.97 Å². The second-order valence-corrected chi connectivity index (χ2v) is 5.33. The van der Waals surface area contributed by atoms with E-state index in [1.807, 2.05) is 13.0 Å². The van der Waals surface area contributed by atoms with Crippen molar-refractivity contribution in [2.75, 3.05) is 6.61 Å². The molecule has 22 heavy (non-hydrogen) atoms. The lowest BCUT2D eigenvalue weighted by Crippen LogP contribution is -2.19. The minimum atomic E-state index is -0.893. The van der Waals surface area contributed by atoms with Gasteiger partial charge in [0.2, 0.25) is 0 Å². The van der Waals surface area contributed by atoms with E-state index in [0.29, 0.717) is 12.3 Å². The molecule has 0 spiro atoms.